The third-order valence-electron chi connectivity index (χ3n) is 2.70. The molecule has 21 heavy (non-hydrogen) atoms. The topological polar surface area (TPSA) is 74.2 Å². The third kappa shape index (κ3) is 4.47. The normalized spacial score (nSPS) is 13.3. The first-order chi connectivity index (χ1) is 10.2. The number of urea groups is 1. The molecule has 0 atom stereocenters. The molecule has 0 fully saturated rings. The summed E-state index contributed by atoms with van der Waals surface area (Å²) in [5, 5.41) is 12.0. The minimum absolute atomic E-state index is 0.0475. The number of aliphatic hydroxyl groups is 1. The molecule has 0 radical (unpaired) electrons. The Bertz CT molecular complexity index is 560. The van der Waals surface area contributed by atoms with Gasteiger partial charge in [0.2, 0.25) is 0 Å². The standard InChI is InChI=1S/C14H16ClN3O3/c15-11-3-4-13(21-8-2-7-19)12(9-11)17-14(20)18-6-1-5-16-10-18/h1,3-6,9,19H,2,7-8,10H2,(H,17,20). The fourth-order valence-electron chi connectivity index (χ4n) is 1.68. The van der Waals surface area contributed by atoms with Gasteiger partial charge in [0, 0.05) is 30.5 Å². The molecule has 1 aromatic rings. The van der Waals surface area contributed by atoms with Gasteiger partial charge < -0.3 is 15.2 Å². The van der Waals surface area contributed by atoms with Gasteiger partial charge in [-0.1, -0.05) is 11.6 Å². The lowest BCUT2D eigenvalue weighted by molar-refractivity contribution is 0.227. The zero-order valence-electron chi connectivity index (χ0n) is 11.3. The van der Waals surface area contributed by atoms with Crippen molar-refractivity contribution in [3.8, 4) is 5.75 Å². The summed E-state index contributed by atoms with van der Waals surface area (Å²) < 4.78 is 5.52. The number of anilines is 1. The molecule has 2 N–H and O–H groups in total. The maximum absolute atomic E-state index is 12.1. The maximum atomic E-state index is 12.1. The minimum Gasteiger partial charge on any atom is -0.491 e. The van der Waals surface area contributed by atoms with E-state index in [1.54, 1.807) is 36.7 Å². The van der Waals surface area contributed by atoms with Crippen molar-refractivity contribution in [1.29, 1.82) is 0 Å². The van der Waals surface area contributed by atoms with E-state index in [1.165, 1.54) is 4.90 Å². The summed E-state index contributed by atoms with van der Waals surface area (Å²) in [7, 11) is 0. The Morgan fingerprint density at radius 3 is 3.10 bits per heavy atom. The molecule has 2 rings (SSSR count). The molecule has 112 valence electrons. The number of halogens is 1. The highest BCUT2D eigenvalue weighted by molar-refractivity contribution is 6.31. The van der Waals surface area contributed by atoms with Gasteiger partial charge in [0.1, 0.15) is 12.4 Å². The Morgan fingerprint density at radius 2 is 2.38 bits per heavy atom. The number of hydrogen-bond donors (Lipinski definition) is 2. The van der Waals surface area contributed by atoms with E-state index >= 15 is 0 Å². The van der Waals surface area contributed by atoms with Crippen LogP contribution in [0.5, 0.6) is 5.75 Å². The maximum Gasteiger partial charge on any atom is 0.327 e. The molecule has 0 aliphatic carbocycles. The third-order valence-corrected chi connectivity index (χ3v) is 2.93. The van der Waals surface area contributed by atoms with Crippen LogP contribution in [-0.4, -0.2) is 42.1 Å². The van der Waals surface area contributed by atoms with Crippen LogP contribution in [0.3, 0.4) is 0 Å². The molecule has 0 saturated carbocycles. The molecule has 6 nitrogen and oxygen atoms in total. The summed E-state index contributed by atoms with van der Waals surface area (Å²) in [6.45, 7) is 0.671. The zero-order chi connectivity index (χ0) is 15.1. The Labute approximate surface area is 127 Å². The van der Waals surface area contributed by atoms with Gasteiger partial charge >= 0.3 is 6.03 Å². The van der Waals surface area contributed by atoms with Gasteiger partial charge in [-0.25, -0.2) is 4.79 Å². The SMILES string of the molecule is O=C(Nc1cc(Cl)ccc1OCCCO)N1C=CC=NC1. The average Bonchev–Trinajstić information content (AvgIpc) is 2.50. The van der Waals surface area contributed by atoms with Crippen LogP contribution >= 0.6 is 11.6 Å². The number of rotatable bonds is 5. The summed E-state index contributed by atoms with van der Waals surface area (Å²) in [5.74, 6) is 0.505. The van der Waals surface area contributed by atoms with E-state index < -0.39 is 0 Å². The van der Waals surface area contributed by atoms with Crippen molar-refractivity contribution in [1.82, 2.24) is 4.90 Å². The van der Waals surface area contributed by atoms with E-state index in [0.717, 1.165) is 0 Å². The van der Waals surface area contributed by atoms with Crippen molar-refractivity contribution in [2.24, 2.45) is 4.99 Å². The van der Waals surface area contributed by atoms with Crippen LogP contribution in [0.1, 0.15) is 6.42 Å². The van der Waals surface area contributed by atoms with E-state index in [-0.39, 0.29) is 19.3 Å². The molecule has 1 aromatic carbocycles. The molecule has 0 unspecified atom stereocenters. The molecule has 7 heteroatoms. The van der Waals surface area contributed by atoms with Crippen molar-refractivity contribution in [2.45, 2.75) is 6.42 Å². The first-order valence-electron chi connectivity index (χ1n) is 6.48. The minimum atomic E-state index is -0.322. The highest BCUT2D eigenvalue weighted by Crippen LogP contribution is 2.28. The first-order valence-corrected chi connectivity index (χ1v) is 6.86. The van der Waals surface area contributed by atoms with Crippen LogP contribution in [0.25, 0.3) is 0 Å². The van der Waals surface area contributed by atoms with E-state index in [9.17, 15) is 4.79 Å². The Balaban J connectivity index is 2.06. The van der Waals surface area contributed by atoms with E-state index in [4.69, 9.17) is 21.4 Å². The predicted octanol–water partition coefficient (Wildman–Crippen LogP) is 2.49. The molecule has 0 spiro atoms. The number of ether oxygens (including phenoxy) is 1. The number of nitrogens with zero attached hydrogens (tertiary/aromatic N) is 2. The number of hydrogen-bond acceptors (Lipinski definition) is 4. The molecular formula is C14H16ClN3O3. The van der Waals surface area contributed by atoms with E-state index in [0.29, 0.717) is 29.5 Å². The second-order valence-corrected chi connectivity index (χ2v) is 4.72. The van der Waals surface area contributed by atoms with Crippen LogP contribution < -0.4 is 10.1 Å². The number of nitrogens with one attached hydrogen (secondary N) is 1. The Kier molecular flexibility index (Phi) is 5.59. The van der Waals surface area contributed by atoms with Crippen molar-refractivity contribution in [3.63, 3.8) is 0 Å². The van der Waals surface area contributed by atoms with Crippen molar-refractivity contribution in [2.75, 3.05) is 25.2 Å². The lowest BCUT2D eigenvalue weighted by atomic mass is 10.3. The number of allylic oxidation sites excluding steroid dienone is 1. The molecule has 0 aromatic heterocycles. The summed E-state index contributed by atoms with van der Waals surface area (Å²) >= 11 is 5.95. The average molecular weight is 310 g/mol. The van der Waals surface area contributed by atoms with Gasteiger partial charge in [-0.3, -0.25) is 9.89 Å². The second-order valence-electron chi connectivity index (χ2n) is 4.28. The second kappa shape index (κ2) is 7.66. The molecule has 1 aliphatic heterocycles. The quantitative estimate of drug-likeness (QED) is 0.821. The smallest absolute Gasteiger partial charge is 0.327 e. The van der Waals surface area contributed by atoms with Crippen molar-refractivity contribution in [3.05, 3.63) is 35.5 Å². The van der Waals surface area contributed by atoms with Gasteiger partial charge in [-0.15, -0.1) is 0 Å². The van der Waals surface area contributed by atoms with E-state index in [2.05, 4.69) is 10.3 Å². The summed E-state index contributed by atoms with van der Waals surface area (Å²) in [6, 6.07) is 4.65. The highest BCUT2D eigenvalue weighted by Gasteiger charge is 2.14. The fraction of sp³-hybridized carbons (Fsp3) is 0.286. The van der Waals surface area contributed by atoms with Crippen LogP contribution in [0.4, 0.5) is 10.5 Å². The largest absolute Gasteiger partial charge is 0.491 e. The summed E-state index contributed by atoms with van der Waals surface area (Å²) in [5.41, 5.74) is 0.480. The van der Waals surface area contributed by atoms with E-state index in [1.807, 2.05) is 0 Å². The summed E-state index contributed by atoms with van der Waals surface area (Å²) in [4.78, 5) is 17.5. The number of carbonyl (C=O) groups excluding carboxylic acids is 1. The summed E-state index contributed by atoms with van der Waals surface area (Å²) in [6.07, 6.45) is 5.46. The van der Waals surface area contributed by atoms with Gasteiger partial charge in [-0.2, -0.15) is 0 Å². The first kappa shape index (κ1) is 15.3. The van der Waals surface area contributed by atoms with Crippen molar-refractivity contribution < 1.29 is 14.6 Å². The lowest BCUT2D eigenvalue weighted by Crippen LogP contribution is -2.32. The molecular weight excluding hydrogens is 294 g/mol. The fourth-order valence-corrected chi connectivity index (χ4v) is 1.85. The van der Waals surface area contributed by atoms with Gasteiger partial charge in [0.15, 0.2) is 0 Å². The van der Waals surface area contributed by atoms with Crippen LogP contribution in [0.2, 0.25) is 5.02 Å². The van der Waals surface area contributed by atoms with Crippen molar-refractivity contribution >= 4 is 29.5 Å². The molecule has 1 aliphatic rings. The van der Waals surface area contributed by atoms with Gasteiger partial charge in [0.05, 0.1) is 12.3 Å². The molecule has 2 amide bonds. The highest BCUT2D eigenvalue weighted by atomic mass is 35.5. The Hall–Kier alpha value is -2.05. The lowest BCUT2D eigenvalue weighted by Gasteiger charge is -2.20. The molecule has 0 saturated heterocycles. The van der Waals surface area contributed by atoms with Gasteiger partial charge in [0.25, 0.3) is 0 Å². The van der Waals surface area contributed by atoms with Crippen LogP contribution in [0, 0.1) is 0 Å². The zero-order valence-corrected chi connectivity index (χ0v) is 12.1. The van der Waals surface area contributed by atoms with Gasteiger partial charge in [-0.05, 0) is 24.3 Å². The number of carbonyl (C=O) groups is 1. The number of aliphatic hydroxyl groups excluding tert-OH is 1. The van der Waals surface area contributed by atoms with Crippen LogP contribution in [-0.2, 0) is 0 Å². The van der Waals surface area contributed by atoms with Crippen LogP contribution in [0.15, 0.2) is 35.5 Å². The predicted molar refractivity (Wildman–Crippen MR) is 82.0 cm³/mol. The Morgan fingerprint density at radius 1 is 1.52 bits per heavy atom. The molecule has 0 bridgehead atoms. The number of aliphatic imine (C=N–C) groups is 1. The molecule has 1 heterocycles. The monoisotopic (exact) mass is 309 g/mol. The number of amides is 2. The number of benzene rings is 1.